The number of carbonyl (C=O) groups excluding carboxylic acids is 2. The molecule has 0 aliphatic rings. The van der Waals surface area contributed by atoms with Gasteiger partial charge in [0, 0.05) is 11.3 Å². The van der Waals surface area contributed by atoms with Crippen LogP contribution in [-0.2, 0) is 4.74 Å². The number of benzene rings is 2. The number of carbonyl (C=O) groups is 2. The second-order valence-electron chi connectivity index (χ2n) is 5.32. The molecule has 1 aromatic heterocycles. The number of methoxy groups -OCH3 is 1. The lowest BCUT2D eigenvalue weighted by Gasteiger charge is -2.07. The molecule has 0 saturated heterocycles. The van der Waals surface area contributed by atoms with Gasteiger partial charge in [-0.2, -0.15) is 0 Å². The lowest BCUT2D eigenvalue weighted by atomic mass is 10.2. The number of amides is 1. The van der Waals surface area contributed by atoms with E-state index in [9.17, 15) is 9.59 Å². The molecule has 26 heavy (non-hydrogen) atoms. The van der Waals surface area contributed by atoms with E-state index < -0.39 is 5.97 Å². The number of nitrogens with zero attached hydrogens (tertiary/aromatic N) is 2. The highest BCUT2D eigenvalue weighted by Gasteiger charge is 2.07. The van der Waals surface area contributed by atoms with E-state index in [1.807, 2.05) is 6.07 Å². The molecule has 0 radical (unpaired) electrons. The SMILES string of the molecule is COC(=O)c1ccc(Nc2ccc(NC(=O)c3ccccc3)nn2)cc1. The summed E-state index contributed by atoms with van der Waals surface area (Å²) in [5.74, 6) is 0.216. The van der Waals surface area contributed by atoms with E-state index >= 15 is 0 Å². The van der Waals surface area contributed by atoms with Crippen LogP contribution in [0.25, 0.3) is 0 Å². The number of ether oxygens (including phenoxy) is 1. The summed E-state index contributed by atoms with van der Waals surface area (Å²) in [5, 5.41) is 13.8. The van der Waals surface area contributed by atoms with Crippen LogP contribution in [0.3, 0.4) is 0 Å². The lowest BCUT2D eigenvalue weighted by Crippen LogP contribution is -2.13. The zero-order chi connectivity index (χ0) is 18.4. The summed E-state index contributed by atoms with van der Waals surface area (Å²) in [6, 6.07) is 19.0. The molecule has 7 heteroatoms. The van der Waals surface area contributed by atoms with Crippen molar-refractivity contribution in [2.75, 3.05) is 17.7 Å². The van der Waals surface area contributed by atoms with Gasteiger partial charge in [0.2, 0.25) is 0 Å². The Labute approximate surface area is 150 Å². The van der Waals surface area contributed by atoms with Gasteiger partial charge < -0.3 is 15.4 Å². The monoisotopic (exact) mass is 348 g/mol. The fourth-order valence-corrected chi connectivity index (χ4v) is 2.20. The number of hydrogen-bond acceptors (Lipinski definition) is 6. The Morgan fingerprint density at radius 1 is 0.808 bits per heavy atom. The Bertz CT molecular complexity index is 894. The molecule has 0 aliphatic heterocycles. The van der Waals surface area contributed by atoms with Gasteiger partial charge in [0.25, 0.3) is 5.91 Å². The predicted octanol–water partition coefficient (Wildman–Crippen LogP) is 3.26. The highest BCUT2D eigenvalue weighted by Crippen LogP contribution is 2.16. The summed E-state index contributed by atoms with van der Waals surface area (Å²) < 4.78 is 4.66. The quantitative estimate of drug-likeness (QED) is 0.688. The molecule has 1 heterocycles. The fraction of sp³-hybridized carbons (Fsp3) is 0.0526. The maximum absolute atomic E-state index is 12.1. The highest BCUT2D eigenvalue weighted by atomic mass is 16.5. The highest BCUT2D eigenvalue weighted by molar-refractivity contribution is 6.03. The first-order valence-electron chi connectivity index (χ1n) is 7.81. The van der Waals surface area contributed by atoms with Crippen LogP contribution in [0.1, 0.15) is 20.7 Å². The van der Waals surface area contributed by atoms with Crippen molar-refractivity contribution in [1.82, 2.24) is 10.2 Å². The third-order valence-corrected chi connectivity index (χ3v) is 3.52. The molecule has 0 spiro atoms. The van der Waals surface area contributed by atoms with Crippen molar-refractivity contribution in [3.63, 3.8) is 0 Å². The zero-order valence-corrected chi connectivity index (χ0v) is 14.0. The Morgan fingerprint density at radius 3 is 2.08 bits per heavy atom. The minimum atomic E-state index is -0.394. The molecule has 130 valence electrons. The summed E-state index contributed by atoms with van der Waals surface area (Å²) in [4.78, 5) is 23.5. The largest absolute Gasteiger partial charge is 0.465 e. The van der Waals surface area contributed by atoms with Crippen LogP contribution in [-0.4, -0.2) is 29.2 Å². The van der Waals surface area contributed by atoms with Crippen molar-refractivity contribution in [3.05, 3.63) is 77.9 Å². The standard InChI is InChI=1S/C19H16N4O3/c1-26-19(25)14-7-9-15(10-8-14)20-16-11-12-17(23-22-16)21-18(24)13-5-3-2-4-6-13/h2-12H,1H3,(H,20,22)(H,21,23,24). The normalized spacial score (nSPS) is 10.0. The summed E-state index contributed by atoms with van der Waals surface area (Å²) in [7, 11) is 1.34. The summed E-state index contributed by atoms with van der Waals surface area (Å²) in [6.45, 7) is 0. The van der Waals surface area contributed by atoms with Gasteiger partial charge in [-0.25, -0.2) is 4.79 Å². The second-order valence-corrected chi connectivity index (χ2v) is 5.32. The molecule has 0 unspecified atom stereocenters. The first kappa shape index (κ1) is 17.1. The molecule has 2 aromatic carbocycles. The molecule has 0 bridgehead atoms. The number of aromatic nitrogens is 2. The first-order valence-corrected chi connectivity index (χ1v) is 7.81. The van der Waals surface area contributed by atoms with E-state index in [0.717, 1.165) is 5.69 Å². The average Bonchev–Trinajstić information content (AvgIpc) is 2.70. The van der Waals surface area contributed by atoms with Crippen LogP contribution in [0.4, 0.5) is 17.3 Å². The predicted molar refractivity (Wildman–Crippen MR) is 97.5 cm³/mol. The Morgan fingerprint density at radius 2 is 1.46 bits per heavy atom. The molecule has 1 amide bonds. The van der Waals surface area contributed by atoms with Gasteiger partial charge in [-0.15, -0.1) is 10.2 Å². The van der Waals surface area contributed by atoms with Crippen LogP contribution in [0.15, 0.2) is 66.7 Å². The average molecular weight is 348 g/mol. The lowest BCUT2D eigenvalue weighted by molar-refractivity contribution is 0.0600. The van der Waals surface area contributed by atoms with Crippen LogP contribution >= 0.6 is 0 Å². The Hall–Kier alpha value is -3.74. The molecule has 0 fully saturated rings. The van der Waals surface area contributed by atoms with E-state index in [-0.39, 0.29) is 5.91 Å². The van der Waals surface area contributed by atoms with E-state index in [2.05, 4.69) is 25.6 Å². The van der Waals surface area contributed by atoms with Crippen molar-refractivity contribution in [1.29, 1.82) is 0 Å². The first-order chi connectivity index (χ1) is 12.7. The van der Waals surface area contributed by atoms with Crippen molar-refractivity contribution < 1.29 is 14.3 Å². The van der Waals surface area contributed by atoms with Crippen LogP contribution < -0.4 is 10.6 Å². The van der Waals surface area contributed by atoms with Gasteiger partial charge in [0.05, 0.1) is 12.7 Å². The summed E-state index contributed by atoms with van der Waals surface area (Å²) in [6.07, 6.45) is 0. The van der Waals surface area contributed by atoms with Crippen molar-refractivity contribution in [2.24, 2.45) is 0 Å². The molecule has 0 saturated carbocycles. The maximum Gasteiger partial charge on any atom is 0.337 e. The van der Waals surface area contributed by atoms with Crippen molar-refractivity contribution in [3.8, 4) is 0 Å². The van der Waals surface area contributed by atoms with Crippen LogP contribution in [0, 0.1) is 0 Å². The van der Waals surface area contributed by atoms with Gasteiger partial charge in [0.1, 0.15) is 0 Å². The van der Waals surface area contributed by atoms with Crippen molar-refractivity contribution in [2.45, 2.75) is 0 Å². The summed E-state index contributed by atoms with van der Waals surface area (Å²) >= 11 is 0. The maximum atomic E-state index is 12.1. The minimum Gasteiger partial charge on any atom is -0.465 e. The smallest absolute Gasteiger partial charge is 0.337 e. The molecular formula is C19H16N4O3. The third kappa shape index (κ3) is 4.21. The van der Waals surface area contributed by atoms with E-state index in [1.165, 1.54) is 7.11 Å². The third-order valence-electron chi connectivity index (χ3n) is 3.52. The van der Waals surface area contributed by atoms with Gasteiger partial charge in [-0.1, -0.05) is 18.2 Å². The second kappa shape index (κ2) is 7.89. The number of nitrogens with one attached hydrogen (secondary N) is 2. The number of rotatable bonds is 5. The van der Waals surface area contributed by atoms with E-state index in [4.69, 9.17) is 0 Å². The molecule has 2 N–H and O–H groups in total. The fourth-order valence-electron chi connectivity index (χ4n) is 2.20. The molecule has 0 atom stereocenters. The molecule has 0 aliphatic carbocycles. The number of anilines is 3. The van der Waals surface area contributed by atoms with E-state index in [0.29, 0.717) is 22.8 Å². The van der Waals surface area contributed by atoms with Crippen molar-refractivity contribution >= 4 is 29.2 Å². The molecular weight excluding hydrogens is 332 g/mol. The van der Waals surface area contributed by atoms with Gasteiger partial charge in [0.15, 0.2) is 11.6 Å². The molecule has 3 aromatic rings. The molecule has 3 rings (SSSR count). The van der Waals surface area contributed by atoms with Gasteiger partial charge >= 0.3 is 5.97 Å². The van der Waals surface area contributed by atoms with Gasteiger partial charge in [-0.05, 0) is 48.5 Å². The van der Waals surface area contributed by atoms with Gasteiger partial charge in [-0.3, -0.25) is 4.79 Å². The van der Waals surface area contributed by atoms with E-state index in [1.54, 1.807) is 60.7 Å². The van der Waals surface area contributed by atoms with Crippen LogP contribution in [0.5, 0.6) is 0 Å². The summed E-state index contributed by atoms with van der Waals surface area (Å²) in [5.41, 5.74) is 1.75. The number of esters is 1. The minimum absolute atomic E-state index is 0.251. The topological polar surface area (TPSA) is 93.2 Å². The van der Waals surface area contributed by atoms with Crippen LogP contribution in [0.2, 0.25) is 0 Å². The number of hydrogen-bond donors (Lipinski definition) is 2. The Balaban J connectivity index is 1.62. The Kier molecular flexibility index (Phi) is 5.19. The zero-order valence-electron chi connectivity index (χ0n) is 14.0. The molecule has 7 nitrogen and oxygen atoms in total.